The number of benzene rings is 1. The number of carbonyl (C=O) groups excluding carboxylic acids is 1. The lowest BCUT2D eigenvalue weighted by atomic mass is 10.2. The Balaban J connectivity index is 2.59. The maximum absolute atomic E-state index is 12.7. The molecule has 2 aromatic rings. The highest BCUT2D eigenvalue weighted by Gasteiger charge is 2.16. The lowest BCUT2D eigenvalue weighted by Crippen LogP contribution is -2.28. The zero-order valence-corrected chi connectivity index (χ0v) is 13.1. The van der Waals surface area contributed by atoms with Gasteiger partial charge >= 0.3 is 0 Å². The molecular weight excluding hydrogens is 288 g/mol. The molecule has 0 radical (unpaired) electrons. The summed E-state index contributed by atoms with van der Waals surface area (Å²) in [7, 11) is 1.60. The van der Waals surface area contributed by atoms with Crippen molar-refractivity contribution in [1.29, 1.82) is 0 Å². The van der Waals surface area contributed by atoms with Crippen molar-refractivity contribution >= 4 is 28.4 Å². The van der Waals surface area contributed by atoms with Crippen LogP contribution >= 0.6 is 11.8 Å². The van der Waals surface area contributed by atoms with E-state index in [9.17, 15) is 9.59 Å². The molecular formula is C15H18N2O3S. The second-order valence-corrected chi connectivity index (χ2v) is 5.82. The number of rotatable bonds is 6. The summed E-state index contributed by atoms with van der Waals surface area (Å²) < 4.78 is 6.75. The summed E-state index contributed by atoms with van der Waals surface area (Å²) in [5.41, 5.74) is 0.547. The van der Waals surface area contributed by atoms with Crippen LogP contribution in [0.4, 0.5) is 0 Å². The largest absolute Gasteiger partial charge is 0.383 e. The molecule has 0 unspecified atom stereocenters. The molecule has 0 fully saturated rings. The van der Waals surface area contributed by atoms with E-state index in [1.807, 2.05) is 19.1 Å². The van der Waals surface area contributed by atoms with Gasteiger partial charge in [0.25, 0.3) is 5.56 Å². The molecule has 0 N–H and O–H groups in total. The second kappa shape index (κ2) is 6.87. The fraction of sp³-hybridized carbons (Fsp3) is 0.400. The number of hydrogen-bond donors (Lipinski definition) is 0. The smallest absolute Gasteiger partial charge is 0.262 e. The summed E-state index contributed by atoms with van der Waals surface area (Å²) in [6.45, 7) is 3.84. The van der Waals surface area contributed by atoms with Crippen LogP contribution in [0.5, 0.6) is 0 Å². The van der Waals surface area contributed by atoms with Crippen LogP contribution in [-0.4, -0.2) is 34.8 Å². The van der Waals surface area contributed by atoms with Crippen LogP contribution in [0.15, 0.2) is 34.2 Å². The van der Waals surface area contributed by atoms with E-state index in [1.165, 1.54) is 18.7 Å². The summed E-state index contributed by atoms with van der Waals surface area (Å²) in [4.78, 5) is 28.4. The fourth-order valence-corrected chi connectivity index (χ4v) is 3.00. The molecule has 0 saturated carbocycles. The number of Topliss-reactive ketones (excluding diaryl/α,β-unsaturated/α-hetero) is 1. The molecule has 0 bridgehead atoms. The maximum atomic E-state index is 12.7. The van der Waals surface area contributed by atoms with E-state index in [0.29, 0.717) is 28.4 Å². The average Bonchev–Trinajstić information content (AvgIpc) is 2.45. The predicted molar refractivity (Wildman–Crippen MR) is 84.0 cm³/mol. The van der Waals surface area contributed by atoms with Gasteiger partial charge < -0.3 is 4.74 Å². The summed E-state index contributed by atoms with van der Waals surface area (Å²) in [6.07, 6.45) is 0. The van der Waals surface area contributed by atoms with Crippen molar-refractivity contribution in [2.24, 2.45) is 0 Å². The Labute approximate surface area is 127 Å². The SMILES string of the molecule is COC[C@@H](C)n1c(SCC(C)=O)nc2ccccc2c1=O. The van der Waals surface area contributed by atoms with E-state index in [2.05, 4.69) is 4.98 Å². The van der Waals surface area contributed by atoms with Crippen LogP contribution in [0.3, 0.4) is 0 Å². The molecule has 1 aromatic carbocycles. The van der Waals surface area contributed by atoms with Gasteiger partial charge in [0.1, 0.15) is 5.78 Å². The lowest BCUT2D eigenvalue weighted by molar-refractivity contribution is -0.114. The van der Waals surface area contributed by atoms with Gasteiger partial charge in [0, 0.05) is 7.11 Å². The summed E-state index contributed by atoms with van der Waals surface area (Å²) in [5.74, 6) is 0.346. The molecule has 0 saturated heterocycles. The number of para-hydroxylation sites is 1. The van der Waals surface area contributed by atoms with Crippen molar-refractivity contribution in [3.63, 3.8) is 0 Å². The van der Waals surface area contributed by atoms with Crippen LogP contribution in [-0.2, 0) is 9.53 Å². The number of aromatic nitrogens is 2. The minimum atomic E-state index is -0.144. The van der Waals surface area contributed by atoms with Gasteiger partial charge in [-0.2, -0.15) is 0 Å². The first-order chi connectivity index (χ1) is 10.0. The van der Waals surface area contributed by atoms with Gasteiger partial charge in [0.05, 0.1) is 29.3 Å². The Morgan fingerprint density at radius 2 is 2.14 bits per heavy atom. The minimum Gasteiger partial charge on any atom is -0.383 e. The highest BCUT2D eigenvalue weighted by atomic mass is 32.2. The molecule has 2 rings (SSSR count). The Morgan fingerprint density at radius 1 is 1.43 bits per heavy atom. The van der Waals surface area contributed by atoms with Gasteiger partial charge in [-0.1, -0.05) is 23.9 Å². The molecule has 21 heavy (non-hydrogen) atoms. The van der Waals surface area contributed by atoms with E-state index in [4.69, 9.17) is 4.74 Å². The molecule has 0 spiro atoms. The lowest BCUT2D eigenvalue weighted by Gasteiger charge is -2.18. The predicted octanol–water partition coefficient (Wildman–Crippen LogP) is 2.29. The molecule has 1 heterocycles. The van der Waals surface area contributed by atoms with Crippen molar-refractivity contribution < 1.29 is 9.53 Å². The highest BCUT2D eigenvalue weighted by Crippen LogP contribution is 2.21. The highest BCUT2D eigenvalue weighted by molar-refractivity contribution is 7.99. The molecule has 112 valence electrons. The van der Waals surface area contributed by atoms with Gasteiger partial charge in [-0.3, -0.25) is 14.2 Å². The van der Waals surface area contributed by atoms with Crippen molar-refractivity contribution in [2.45, 2.75) is 25.0 Å². The number of fused-ring (bicyclic) bond motifs is 1. The topological polar surface area (TPSA) is 61.2 Å². The Hall–Kier alpha value is -1.66. The van der Waals surface area contributed by atoms with Crippen LogP contribution in [0.25, 0.3) is 10.9 Å². The van der Waals surface area contributed by atoms with Crippen LogP contribution in [0.2, 0.25) is 0 Å². The summed E-state index contributed by atoms with van der Waals surface area (Å²) >= 11 is 1.29. The number of hydrogen-bond acceptors (Lipinski definition) is 5. The quantitative estimate of drug-likeness (QED) is 0.605. The van der Waals surface area contributed by atoms with Crippen molar-refractivity contribution in [3.05, 3.63) is 34.6 Å². The van der Waals surface area contributed by atoms with E-state index in [1.54, 1.807) is 23.8 Å². The molecule has 6 heteroatoms. The number of nitrogens with zero attached hydrogens (tertiary/aromatic N) is 2. The molecule has 1 aromatic heterocycles. The third-order valence-electron chi connectivity index (χ3n) is 3.03. The normalized spacial score (nSPS) is 12.5. The first-order valence-corrected chi connectivity index (χ1v) is 7.65. The summed E-state index contributed by atoms with van der Waals surface area (Å²) in [6, 6.07) is 7.09. The maximum Gasteiger partial charge on any atom is 0.262 e. The summed E-state index contributed by atoms with van der Waals surface area (Å²) in [5, 5.41) is 1.13. The zero-order chi connectivity index (χ0) is 15.4. The standard InChI is InChI=1S/C15H18N2O3S/c1-10(8-20-3)17-14(19)12-6-4-5-7-13(12)16-15(17)21-9-11(2)18/h4-7,10H,8-9H2,1-3H3/t10-/m1/s1. The number of thioether (sulfide) groups is 1. The third kappa shape index (κ3) is 3.51. The van der Waals surface area contributed by atoms with Crippen molar-refractivity contribution in [1.82, 2.24) is 9.55 Å². The third-order valence-corrected chi connectivity index (χ3v) is 4.13. The van der Waals surface area contributed by atoms with E-state index in [0.717, 1.165) is 0 Å². The first-order valence-electron chi connectivity index (χ1n) is 6.67. The van der Waals surface area contributed by atoms with E-state index in [-0.39, 0.29) is 17.4 Å². The molecule has 1 atom stereocenters. The van der Waals surface area contributed by atoms with Crippen LogP contribution < -0.4 is 5.56 Å². The fourth-order valence-electron chi connectivity index (χ4n) is 2.10. The van der Waals surface area contributed by atoms with Gasteiger partial charge in [-0.15, -0.1) is 0 Å². The van der Waals surface area contributed by atoms with Gasteiger partial charge in [0.15, 0.2) is 5.16 Å². The van der Waals surface area contributed by atoms with Crippen molar-refractivity contribution in [3.8, 4) is 0 Å². The first kappa shape index (κ1) is 15.7. The zero-order valence-electron chi connectivity index (χ0n) is 12.3. The number of ketones is 1. The average molecular weight is 306 g/mol. The molecule has 0 aliphatic carbocycles. The van der Waals surface area contributed by atoms with Gasteiger partial charge in [-0.05, 0) is 26.0 Å². The molecule has 5 nitrogen and oxygen atoms in total. The van der Waals surface area contributed by atoms with Crippen LogP contribution in [0.1, 0.15) is 19.9 Å². The van der Waals surface area contributed by atoms with E-state index >= 15 is 0 Å². The second-order valence-electron chi connectivity index (χ2n) is 4.88. The Kier molecular flexibility index (Phi) is 5.14. The minimum absolute atomic E-state index is 0.0494. The molecule has 0 amide bonds. The van der Waals surface area contributed by atoms with Gasteiger partial charge in [0.2, 0.25) is 0 Å². The monoisotopic (exact) mass is 306 g/mol. The molecule has 0 aliphatic rings. The molecule has 0 aliphatic heterocycles. The Bertz CT molecular complexity index is 712. The van der Waals surface area contributed by atoms with E-state index < -0.39 is 0 Å². The Morgan fingerprint density at radius 3 is 2.81 bits per heavy atom. The van der Waals surface area contributed by atoms with Crippen molar-refractivity contribution in [2.75, 3.05) is 19.5 Å². The van der Waals surface area contributed by atoms with Gasteiger partial charge in [-0.25, -0.2) is 4.98 Å². The number of methoxy groups -OCH3 is 1. The van der Waals surface area contributed by atoms with Crippen LogP contribution in [0, 0.1) is 0 Å². The number of carbonyl (C=O) groups is 1. The number of ether oxygens (including phenoxy) is 1.